The number of nitrogens with one attached hydrogen (secondary N) is 2. The Balaban J connectivity index is 0.00000280. The van der Waals surface area contributed by atoms with E-state index in [2.05, 4.69) is 15.6 Å². The molecule has 0 aromatic heterocycles. The molecule has 1 atom stereocenters. The Morgan fingerprint density at radius 1 is 1.39 bits per heavy atom. The van der Waals surface area contributed by atoms with Crippen molar-refractivity contribution in [3.8, 4) is 0 Å². The number of carbonyl (C=O) groups is 1. The number of hydrogen-bond acceptors (Lipinski definition) is 2. The van der Waals surface area contributed by atoms with Gasteiger partial charge in [-0.1, -0.05) is 6.07 Å². The van der Waals surface area contributed by atoms with Gasteiger partial charge in [0, 0.05) is 45.1 Å². The Labute approximate surface area is 178 Å². The van der Waals surface area contributed by atoms with Crippen molar-refractivity contribution in [2.75, 3.05) is 26.7 Å². The average molecular weight is 514 g/mol. The van der Waals surface area contributed by atoms with Crippen molar-refractivity contribution in [3.05, 3.63) is 35.1 Å². The molecule has 28 heavy (non-hydrogen) atoms. The molecule has 0 radical (unpaired) electrons. The Kier molecular flexibility index (Phi) is 7.16. The zero-order valence-corrected chi connectivity index (χ0v) is 17.7. The first-order chi connectivity index (χ1) is 12.7. The third kappa shape index (κ3) is 5.06. The van der Waals surface area contributed by atoms with Gasteiger partial charge in [0.05, 0.1) is 5.56 Å². The number of rotatable bonds is 2. The molecule has 5 nitrogen and oxygen atoms in total. The molecule has 2 aliphatic heterocycles. The predicted molar refractivity (Wildman–Crippen MR) is 108 cm³/mol. The number of halogens is 5. The first-order valence-corrected chi connectivity index (χ1v) is 8.80. The highest BCUT2D eigenvalue weighted by Gasteiger charge is 2.42. The van der Waals surface area contributed by atoms with Crippen LogP contribution in [-0.4, -0.2) is 43.4 Å². The molecule has 2 N–H and O–H groups in total. The van der Waals surface area contributed by atoms with Crippen LogP contribution in [0.4, 0.5) is 17.6 Å². The molecule has 1 spiro atoms. The fourth-order valence-corrected chi connectivity index (χ4v) is 3.90. The first-order valence-electron chi connectivity index (χ1n) is 8.80. The summed E-state index contributed by atoms with van der Waals surface area (Å²) < 4.78 is 52.7. The molecule has 0 bridgehead atoms. The number of carbonyl (C=O) groups excluding carboxylic acids is 1. The summed E-state index contributed by atoms with van der Waals surface area (Å²) in [6, 6.07) is 2.65. The number of amides is 1. The van der Waals surface area contributed by atoms with Crippen molar-refractivity contribution in [3.63, 3.8) is 0 Å². The van der Waals surface area contributed by atoms with Gasteiger partial charge in [-0.05, 0) is 30.5 Å². The van der Waals surface area contributed by atoms with Crippen LogP contribution in [-0.2, 0) is 17.5 Å². The number of guanidine groups is 1. The predicted octanol–water partition coefficient (Wildman–Crippen LogP) is 3.14. The van der Waals surface area contributed by atoms with E-state index < -0.39 is 17.6 Å². The van der Waals surface area contributed by atoms with E-state index in [-0.39, 0.29) is 47.4 Å². The van der Waals surface area contributed by atoms with E-state index in [0.29, 0.717) is 38.1 Å². The molecule has 2 aliphatic rings. The zero-order valence-electron chi connectivity index (χ0n) is 15.4. The van der Waals surface area contributed by atoms with E-state index in [1.54, 1.807) is 7.05 Å². The summed E-state index contributed by atoms with van der Waals surface area (Å²) >= 11 is 0. The highest BCUT2D eigenvalue weighted by molar-refractivity contribution is 14.0. The fourth-order valence-electron chi connectivity index (χ4n) is 3.90. The van der Waals surface area contributed by atoms with Crippen LogP contribution >= 0.6 is 24.0 Å². The minimum atomic E-state index is -4.63. The van der Waals surface area contributed by atoms with Gasteiger partial charge in [0.1, 0.15) is 5.82 Å². The highest BCUT2D eigenvalue weighted by atomic mass is 127. The maximum atomic E-state index is 13.2. The van der Waals surface area contributed by atoms with Crippen LogP contribution in [0.2, 0.25) is 0 Å². The van der Waals surface area contributed by atoms with Gasteiger partial charge < -0.3 is 15.5 Å². The summed E-state index contributed by atoms with van der Waals surface area (Å²) in [7, 11) is 1.57. The first kappa shape index (κ1) is 22.7. The molecule has 0 aliphatic carbocycles. The minimum absolute atomic E-state index is 0. The molecule has 2 saturated heterocycles. The summed E-state index contributed by atoms with van der Waals surface area (Å²) in [5.41, 5.74) is -1.19. The van der Waals surface area contributed by atoms with Crippen LogP contribution < -0.4 is 10.6 Å². The van der Waals surface area contributed by atoms with Gasteiger partial charge in [-0.25, -0.2) is 4.39 Å². The molecular formula is C18H23F4IN4O. The Bertz CT molecular complexity index is 756. The number of hydrogen-bond donors (Lipinski definition) is 2. The van der Waals surface area contributed by atoms with Crippen molar-refractivity contribution in [1.29, 1.82) is 0 Å². The normalized spacial score (nSPS) is 22.8. The summed E-state index contributed by atoms with van der Waals surface area (Å²) in [6.07, 6.45) is -2.38. The molecule has 10 heteroatoms. The second kappa shape index (κ2) is 8.83. The van der Waals surface area contributed by atoms with E-state index in [0.717, 1.165) is 25.0 Å². The quantitative estimate of drug-likeness (QED) is 0.276. The molecule has 1 amide bonds. The van der Waals surface area contributed by atoms with Crippen molar-refractivity contribution in [2.24, 2.45) is 10.4 Å². The minimum Gasteiger partial charge on any atom is -0.355 e. The lowest BCUT2D eigenvalue weighted by molar-refractivity contribution is -0.138. The lowest BCUT2D eigenvalue weighted by Gasteiger charge is -2.40. The molecule has 2 heterocycles. The van der Waals surface area contributed by atoms with Crippen molar-refractivity contribution in [1.82, 2.24) is 15.5 Å². The molecule has 2 fully saturated rings. The lowest BCUT2D eigenvalue weighted by atomic mass is 9.79. The SMILES string of the molecule is CN=C(NCc1ccc(F)cc1C(F)(F)F)N1CCCC2(CNC(=O)C2)C1.I. The molecule has 1 aromatic rings. The van der Waals surface area contributed by atoms with Crippen molar-refractivity contribution in [2.45, 2.75) is 32.0 Å². The number of benzene rings is 1. The standard InChI is InChI=1S/C18H22F4N4O.HI/c1-23-16(26-6-2-5-17(11-26)8-15(27)25-10-17)24-9-12-3-4-13(19)7-14(12)18(20,21)22;/h3-4,7H,2,5-6,8-11H2,1H3,(H,23,24)(H,25,27);1H. The van der Waals surface area contributed by atoms with Crippen molar-refractivity contribution >= 4 is 35.8 Å². The van der Waals surface area contributed by atoms with Gasteiger partial charge >= 0.3 is 6.18 Å². The number of likely N-dealkylation sites (tertiary alicyclic amines) is 1. The summed E-state index contributed by atoms with van der Waals surface area (Å²) in [4.78, 5) is 17.8. The third-order valence-electron chi connectivity index (χ3n) is 5.18. The van der Waals surface area contributed by atoms with E-state index in [9.17, 15) is 22.4 Å². The van der Waals surface area contributed by atoms with Crippen LogP contribution in [0.15, 0.2) is 23.2 Å². The molecular weight excluding hydrogens is 491 g/mol. The monoisotopic (exact) mass is 514 g/mol. The second-order valence-corrected chi connectivity index (χ2v) is 7.18. The summed E-state index contributed by atoms with van der Waals surface area (Å²) in [5.74, 6) is -0.418. The van der Waals surface area contributed by atoms with Crippen LogP contribution in [0, 0.1) is 11.2 Å². The molecule has 156 valence electrons. The number of aliphatic imine (C=N–C) groups is 1. The van der Waals surface area contributed by atoms with Gasteiger partial charge in [-0.3, -0.25) is 9.79 Å². The summed E-state index contributed by atoms with van der Waals surface area (Å²) in [6.45, 7) is 1.81. The van der Waals surface area contributed by atoms with E-state index in [1.165, 1.54) is 0 Å². The smallest absolute Gasteiger partial charge is 0.355 e. The maximum absolute atomic E-state index is 13.2. The Hall–Kier alpha value is -1.59. The largest absolute Gasteiger partial charge is 0.416 e. The number of nitrogens with zero attached hydrogens (tertiary/aromatic N) is 2. The van der Waals surface area contributed by atoms with Gasteiger partial charge in [0.2, 0.25) is 5.91 Å². The van der Waals surface area contributed by atoms with Gasteiger partial charge in [-0.2, -0.15) is 13.2 Å². The van der Waals surface area contributed by atoms with Crippen LogP contribution in [0.3, 0.4) is 0 Å². The lowest BCUT2D eigenvalue weighted by Crippen LogP contribution is -2.51. The third-order valence-corrected chi connectivity index (χ3v) is 5.18. The molecule has 1 unspecified atom stereocenters. The van der Waals surface area contributed by atoms with Crippen LogP contribution in [0.5, 0.6) is 0 Å². The van der Waals surface area contributed by atoms with Gasteiger partial charge in [0.15, 0.2) is 5.96 Å². The van der Waals surface area contributed by atoms with E-state index >= 15 is 0 Å². The van der Waals surface area contributed by atoms with Crippen molar-refractivity contribution < 1.29 is 22.4 Å². The van der Waals surface area contributed by atoms with Crippen LogP contribution in [0.25, 0.3) is 0 Å². The highest BCUT2D eigenvalue weighted by Crippen LogP contribution is 2.36. The number of piperidine rings is 1. The summed E-state index contributed by atoms with van der Waals surface area (Å²) in [5, 5.41) is 5.81. The zero-order chi connectivity index (χ0) is 19.7. The average Bonchev–Trinajstić information content (AvgIpc) is 2.95. The van der Waals surface area contributed by atoms with E-state index in [4.69, 9.17) is 0 Å². The maximum Gasteiger partial charge on any atom is 0.416 e. The number of alkyl halides is 3. The van der Waals surface area contributed by atoms with Gasteiger partial charge in [0.25, 0.3) is 0 Å². The fraction of sp³-hybridized carbons (Fsp3) is 0.556. The molecule has 0 saturated carbocycles. The Morgan fingerprint density at radius 3 is 2.75 bits per heavy atom. The second-order valence-electron chi connectivity index (χ2n) is 7.18. The topological polar surface area (TPSA) is 56.7 Å². The molecule has 1 aromatic carbocycles. The van der Waals surface area contributed by atoms with Crippen LogP contribution in [0.1, 0.15) is 30.4 Å². The van der Waals surface area contributed by atoms with E-state index in [1.807, 2.05) is 4.90 Å². The molecule has 3 rings (SSSR count). The van der Waals surface area contributed by atoms with Gasteiger partial charge in [-0.15, -0.1) is 24.0 Å². The Morgan fingerprint density at radius 2 is 2.14 bits per heavy atom.